The summed E-state index contributed by atoms with van der Waals surface area (Å²) in [5, 5.41) is 18.5. The van der Waals surface area contributed by atoms with Crippen LogP contribution in [0.4, 0.5) is 4.39 Å². The summed E-state index contributed by atoms with van der Waals surface area (Å²) in [6.07, 6.45) is 7.52. The van der Waals surface area contributed by atoms with Crippen LogP contribution >= 0.6 is 0 Å². The third-order valence-corrected chi connectivity index (χ3v) is 6.06. The van der Waals surface area contributed by atoms with Crippen molar-refractivity contribution in [3.05, 3.63) is 65.1 Å². The van der Waals surface area contributed by atoms with Gasteiger partial charge in [0.15, 0.2) is 0 Å². The maximum absolute atomic E-state index is 13.9. The van der Waals surface area contributed by atoms with Crippen LogP contribution in [0.5, 0.6) is 0 Å². The maximum Gasteiger partial charge on any atom is 0.256 e. The Morgan fingerprint density at radius 3 is 2.64 bits per heavy atom. The molecule has 7 nitrogen and oxygen atoms in total. The number of halogens is 1. The van der Waals surface area contributed by atoms with Crippen LogP contribution in [0.15, 0.2) is 53.8 Å². The first kappa shape index (κ1) is 24.6. The summed E-state index contributed by atoms with van der Waals surface area (Å²) < 4.78 is 20.1. The van der Waals surface area contributed by atoms with Gasteiger partial charge in [-0.15, -0.1) is 0 Å². The normalized spacial score (nSPS) is 18.2. The predicted molar refractivity (Wildman–Crippen MR) is 124 cm³/mol. The number of likely N-dealkylation sites (tertiary alicyclic amines) is 1. The first-order valence-electron chi connectivity index (χ1n) is 11.4. The number of rotatable bonds is 7. The van der Waals surface area contributed by atoms with Crippen molar-refractivity contribution < 1.29 is 19.0 Å². The number of hydrogen-bond donors (Lipinski definition) is 1. The topological polar surface area (TPSA) is 80.5 Å². The van der Waals surface area contributed by atoms with E-state index in [1.165, 1.54) is 35.4 Å². The van der Waals surface area contributed by atoms with Crippen LogP contribution in [0, 0.1) is 11.7 Å². The summed E-state index contributed by atoms with van der Waals surface area (Å²) in [5.74, 6) is 0.850. The van der Waals surface area contributed by atoms with Crippen molar-refractivity contribution >= 4 is 5.91 Å². The van der Waals surface area contributed by atoms with Crippen molar-refractivity contribution in [3.8, 4) is 5.69 Å². The molecule has 0 saturated carbocycles. The van der Waals surface area contributed by atoms with E-state index in [-0.39, 0.29) is 11.8 Å². The Hall–Kier alpha value is -3.00. The molecule has 1 amide bonds. The van der Waals surface area contributed by atoms with E-state index < -0.39 is 11.4 Å². The molecule has 2 heterocycles. The molecule has 1 unspecified atom stereocenters. The van der Waals surface area contributed by atoms with Crippen LogP contribution in [0.1, 0.15) is 64.2 Å². The molecule has 1 aliphatic rings. The summed E-state index contributed by atoms with van der Waals surface area (Å²) in [6.45, 7) is 10.3. The summed E-state index contributed by atoms with van der Waals surface area (Å²) in [5.41, 5.74) is 0.447. The van der Waals surface area contributed by atoms with Crippen LogP contribution in [0.25, 0.3) is 5.69 Å². The van der Waals surface area contributed by atoms with Gasteiger partial charge in [0.25, 0.3) is 5.91 Å². The molecule has 178 valence electrons. The Labute approximate surface area is 194 Å². The van der Waals surface area contributed by atoms with Crippen molar-refractivity contribution in [2.75, 3.05) is 13.1 Å². The summed E-state index contributed by atoms with van der Waals surface area (Å²) in [7, 11) is 0. The van der Waals surface area contributed by atoms with E-state index in [2.05, 4.69) is 10.2 Å². The number of piperidine rings is 1. The third kappa shape index (κ3) is 5.87. The molecule has 8 heteroatoms. The number of ether oxygens (including phenoxy) is 1. The fourth-order valence-electron chi connectivity index (χ4n) is 3.93. The SMILES string of the molecule is CC/C=C(/O/C(C)=C(\C)C(C)(C)O)C1CCCN(C(=O)c2ccc(F)cc2-n2nccn2)C1. The standard InChI is InChI=1S/C25H33FN4O3/c1-6-8-23(33-18(3)17(2)25(4,5)32)19-9-7-14-29(16-19)24(31)21-11-10-20(26)15-22(21)30-27-12-13-28-30/h8,10-13,15,19,32H,6-7,9,14,16H2,1-5H3/b18-17+,23-8+. The van der Waals surface area contributed by atoms with E-state index in [1.54, 1.807) is 18.7 Å². The lowest BCUT2D eigenvalue weighted by molar-refractivity contribution is 0.0656. The number of benzene rings is 1. The van der Waals surface area contributed by atoms with Crippen molar-refractivity contribution in [2.45, 2.75) is 59.5 Å². The van der Waals surface area contributed by atoms with E-state index in [1.807, 2.05) is 26.8 Å². The van der Waals surface area contributed by atoms with E-state index in [4.69, 9.17) is 4.74 Å². The number of hydrogen-bond acceptors (Lipinski definition) is 5. The highest BCUT2D eigenvalue weighted by Gasteiger charge is 2.30. The van der Waals surface area contributed by atoms with Gasteiger partial charge >= 0.3 is 0 Å². The molecule has 1 atom stereocenters. The summed E-state index contributed by atoms with van der Waals surface area (Å²) >= 11 is 0. The highest BCUT2D eigenvalue weighted by atomic mass is 19.1. The first-order valence-corrected chi connectivity index (χ1v) is 11.4. The zero-order valence-corrected chi connectivity index (χ0v) is 20.0. The zero-order chi connectivity index (χ0) is 24.2. The van der Waals surface area contributed by atoms with Gasteiger partial charge in [-0.2, -0.15) is 15.0 Å². The molecule has 1 aromatic carbocycles. The Kier molecular flexibility index (Phi) is 7.68. The number of amides is 1. The van der Waals surface area contributed by atoms with E-state index in [0.29, 0.717) is 30.1 Å². The third-order valence-electron chi connectivity index (χ3n) is 6.06. The molecule has 0 bridgehead atoms. The summed E-state index contributed by atoms with van der Waals surface area (Å²) in [4.78, 5) is 16.5. The van der Waals surface area contributed by atoms with Crippen molar-refractivity contribution in [3.63, 3.8) is 0 Å². The van der Waals surface area contributed by atoms with Gasteiger partial charge < -0.3 is 14.7 Å². The van der Waals surface area contributed by atoms with Gasteiger partial charge in [-0.3, -0.25) is 4.79 Å². The highest BCUT2D eigenvalue weighted by molar-refractivity contribution is 5.97. The van der Waals surface area contributed by atoms with E-state index in [0.717, 1.165) is 30.6 Å². The van der Waals surface area contributed by atoms with E-state index in [9.17, 15) is 14.3 Å². The van der Waals surface area contributed by atoms with Gasteiger partial charge in [0.05, 0.1) is 23.6 Å². The van der Waals surface area contributed by atoms with Gasteiger partial charge in [0.1, 0.15) is 23.0 Å². The van der Waals surface area contributed by atoms with Crippen LogP contribution in [-0.4, -0.2) is 49.6 Å². The van der Waals surface area contributed by atoms with Gasteiger partial charge in [-0.25, -0.2) is 4.39 Å². The van der Waals surface area contributed by atoms with E-state index >= 15 is 0 Å². The van der Waals surface area contributed by atoms with Crippen molar-refractivity contribution in [1.29, 1.82) is 0 Å². The van der Waals surface area contributed by atoms with Crippen LogP contribution in [0.2, 0.25) is 0 Å². The molecular weight excluding hydrogens is 423 g/mol. The molecule has 3 rings (SSSR count). The van der Waals surface area contributed by atoms with Crippen LogP contribution in [0.3, 0.4) is 0 Å². The minimum absolute atomic E-state index is 0.0268. The lowest BCUT2D eigenvalue weighted by Crippen LogP contribution is -2.41. The molecular formula is C25H33FN4O3. The number of allylic oxidation sites excluding steroid dienone is 2. The zero-order valence-electron chi connectivity index (χ0n) is 20.0. The number of nitrogens with zero attached hydrogens (tertiary/aromatic N) is 4. The van der Waals surface area contributed by atoms with Gasteiger partial charge in [-0.1, -0.05) is 6.92 Å². The highest BCUT2D eigenvalue weighted by Crippen LogP contribution is 2.30. The molecule has 1 saturated heterocycles. The second-order valence-electron chi connectivity index (χ2n) is 8.93. The monoisotopic (exact) mass is 456 g/mol. The fraction of sp³-hybridized carbons (Fsp3) is 0.480. The predicted octanol–water partition coefficient (Wildman–Crippen LogP) is 4.63. The van der Waals surface area contributed by atoms with Gasteiger partial charge in [-0.05, 0) is 70.7 Å². The molecule has 0 radical (unpaired) electrons. The van der Waals surface area contributed by atoms with Gasteiger partial charge in [0, 0.05) is 25.1 Å². The number of aliphatic hydroxyl groups is 1. The Balaban J connectivity index is 1.84. The van der Waals surface area contributed by atoms with Crippen LogP contribution in [-0.2, 0) is 4.74 Å². The molecule has 2 aromatic rings. The maximum atomic E-state index is 13.9. The molecule has 1 aliphatic heterocycles. The Morgan fingerprint density at radius 1 is 1.30 bits per heavy atom. The first-order chi connectivity index (χ1) is 15.6. The lowest BCUT2D eigenvalue weighted by atomic mass is 9.94. The smallest absolute Gasteiger partial charge is 0.256 e. The fourth-order valence-corrected chi connectivity index (χ4v) is 3.93. The Morgan fingerprint density at radius 2 is 2.00 bits per heavy atom. The minimum Gasteiger partial charge on any atom is -0.466 e. The van der Waals surface area contributed by atoms with Crippen molar-refractivity contribution in [1.82, 2.24) is 19.9 Å². The second-order valence-corrected chi connectivity index (χ2v) is 8.93. The average Bonchev–Trinajstić information content (AvgIpc) is 3.32. The minimum atomic E-state index is -0.977. The largest absolute Gasteiger partial charge is 0.466 e. The second kappa shape index (κ2) is 10.3. The number of carbonyl (C=O) groups is 1. The summed E-state index contributed by atoms with van der Waals surface area (Å²) in [6, 6.07) is 4.04. The lowest BCUT2D eigenvalue weighted by Gasteiger charge is -2.34. The van der Waals surface area contributed by atoms with Gasteiger partial charge in [0.2, 0.25) is 0 Å². The molecule has 0 spiro atoms. The molecule has 0 aliphatic carbocycles. The van der Waals surface area contributed by atoms with Crippen molar-refractivity contribution in [2.24, 2.45) is 5.92 Å². The number of aromatic nitrogens is 3. The molecule has 1 N–H and O–H groups in total. The Bertz CT molecular complexity index is 1040. The molecule has 1 aromatic heterocycles. The van der Waals surface area contributed by atoms with Crippen LogP contribution < -0.4 is 0 Å². The average molecular weight is 457 g/mol. The molecule has 33 heavy (non-hydrogen) atoms. The quantitative estimate of drug-likeness (QED) is 0.614. The molecule has 1 fully saturated rings. The number of carbonyl (C=O) groups excluding carboxylic acids is 1.